The second kappa shape index (κ2) is 34.5. The van der Waals surface area contributed by atoms with Crippen LogP contribution in [0.3, 0.4) is 0 Å². The standard InChI is InChI=1S/C46H81N19O10/c1-26(2)58-40(70)31(14-9-19-55-46(52)53)61-41(71)30(12-5-7-17-48)62-42(72)33(21-28-23-54-25-57-28)63-43(73)34-15-10-20-65(34)45(75)32(13-8-18-49)60-36(67)24-56-38(68)27(3)59-44(74)37(35(66)22-50)64-39(69)29(51)11-4-6-16-47/h14,23,25-27,29-30,33-35,37,66H,4-13,15-22,24,47-51H2,1-3H3,(H,54,57)(H,56,68)(H,58,70)(H,59,74)(H,61,71)(H,62,72)(H,63,73)(H,64,69)(H4,52,53,55)/b31-14-,60-32?/t27-,29-,30-,33-,34-,35-,37-/m0/s1. The lowest BCUT2D eigenvalue weighted by molar-refractivity contribution is -0.136. The maximum Gasteiger partial charge on any atom is 0.269 e. The Hall–Kier alpha value is -6.92. The van der Waals surface area contributed by atoms with Gasteiger partial charge in [-0.15, -0.1) is 0 Å². The van der Waals surface area contributed by atoms with E-state index in [0.29, 0.717) is 50.9 Å². The normalized spacial score (nSPS) is 16.1. The van der Waals surface area contributed by atoms with Crippen LogP contribution in [0.1, 0.15) is 97.1 Å². The zero-order chi connectivity index (χ0) is 56.0. The minimum absolute atomic E-state index is 0.0776. The average Bonchev–Trinajstić information content (AvgIpc) is 4.09. The van der Waals surface area contributed by atoms with Crippen LogP contribution in [0, 0.1) is 0 Å². The summed E-state index contributed by atoms with van der Waals surface area (Å²) in [7, 11) is 0. The summed E-state index contributed by atoms with van der Waals surface area (Å²) >= 11 is 0. The Morgan fingerprint density at radius 1 is 0.827 bits per heavy atom. The smallest absolute Gasteiger partial charge is 0.269 e. The lowest BCUT2D eigenvalue weighted by Crippen LogP contribution is -2.60. The van der Waals surface area contributed by atoms with Crippen molar-refractivity contribution in [2.45, 2.75) is 146 Å². The monoisotopic (exact) mass is 1060 g/mol. The number of nitrogens with one attached hydrogen (secondary N) is 8. The largest absolute Gasteiger partial charge is 0.389 e. The highest BCUT2D eigenvalue weighted by molar-refractivity contribution is 6.40. The van der Waals surface area contributed by atoms with E-state index in [2.05, 4.69) is 57.2 Å². The molecule has 0 saturated carbocycles. The molecule has 1 aromatic rings. The fourth-order valence-corrected chi connectivity index (χ4v) is 7.47. The van der Waals surface area contributed by atoms with Gasteiger partial charge in [0.05, 0.1) is 25.0 Å². The van der Waals surface area contributed by atoms with Crippen LogP contribution in [0.15, 0.2) is 34.3 Å². The maximum absolute atomic E-state index is 14.2. The van der Waals surface area contributed by atoms with Gasteiger partial charge in [-0.3, -0.25) is 48.1 Å². The first-order valence-electron chi connectivity index (χ1n) is 25.2. The number of aliphatic imine (C=N–C) groups is 2. The van der Waals surface area contributed by atoms with E-state index in [0.717, 1.165) is 0 Å². The van der Waals surface area contributed by atoms with Gasteiger partial charge in [0.1, 0.15) is 41.6 Å². The number of aromatic amines is 1. The van der Waals surface area contributed by atoms with Crippen LogP contribution in [0.5, 0.6) is 0 Å². The molecule has 0 spiro atoms. The SMILES string of the molecule is CC(C)NC(=O)/C(=C/CCN=C(N)N)NC(=O)[C@H](CCCCN)NC(=O)[C@H](Cc1cnc[nH]1)NC(=O)[C@@H]1CCCN1C(=O)C(CCCN)=NC(=O)CNC(=O)[C@H](C)NC(=O)[C@@H](NC(=O)[C@@H](N)CCCCN)[C@@H](O)CN. The molecule has 1 saturated heterocycles. The Kier molecular flexibility index (Phi) is 29.6. The molecule has 0 aromatic carbocycles. The van der Waals surface area contributed by atoms with Crippen LogP contribution in [0.25, 0.3) is 0 Å². The van der Waals surface area contributed by atoms with Crippen molar-refractivity contribution in [2.75, 3.05) is 45.8 Å². The Morgan fingerprint density at radius 3 is 2.12 bits per heavy atom. The molecule has 75 heavy (non-hydrogen) atoms. The number of hydrogen-bond donors (Lipinski definition) is 16. The number of guanidine groups is 1. The molecule has 29 heteroatoms. The van der Waals surface area contributed by atoms with Gasteiger partial charge >= 0.3 is 0 Å². The van der Waals surface area contributed by atoms with E-state index in [1.165, 1.54) is 30.4 Å². The molecule has 1 fully saturated rings. The molecule has 2 heterocycles. The zero-order valence-electron chi connectivity index (χ0n) is 43.2. The summed E-state index contributed by atoms with van der Waals surface area (Å²) in [6, 6.07) is -7.83. The predicted octanol–water partition coefficient (Wildman–Crippen LogP) is -6.18. The summed E-state index contributed by atoms with van der Waals surface area (Å²) in [6.45, 7) is 4.64. The molecule has 1 aromatic heterocycles. The summed E-state index contributed by atoms with van der Waals surface area (Å²) in [5, 5.41) is 28.3. The number of carbonyl (C=O) groups excluding carboxylic acids is 9. The Morgan fingerprint density at radius 2 is 1.51 bits per heavy atom. The van der Waals surface area contributed by atoms with Gasteiger partial charge in [-0.25, -0.2) is 9.98 Å². The van der Waals surface area contributed by atoms with E-state index in [1.807, 2.05) is 0 Å². The summed E-state index contributed by atoms with van der Waals surface area (Å²) in [4.78, 5) is 138. The van der Waals surface area contributed by atoms with Crippen molar-refractivity contribution in [3.63, 3.8) is 0 Å². The quantitative estimate of drug-likeness (QED) is 0.0132. The molecule has 0 unspecified atom stereocenters. The first kappa shape index (κ1) is 64.2. The molecule has 7 atom stereocenters. The fourth-order valence-electron chi connectivity index (χ4n) is 7.47. The zero-order valence-corrected chi connectivity index (χ0v) is 43.2. The number of hydrogen-bond acceptors (Lipinski definition) is 17. The van der Waals surface area contributed by atoms with E-state index in [9.17, 15) is 48.3 Å². The minimum Gasteiger partial charge on any atom is -0.389 e. The number of likely N-dealkylation sites (tertiary alicyclic amines) is 1. The van der Waals surface area contributed by atoms with Gasteiger partial charge in [-0.1, -0.05) is 12.5 Å². The number of aliphatic hydroxyl groups excluding tert-OH is 1. The van der Waals surface area contributed by atoms with Crippen molar-refractivity contribution in [1.29, 1.82) is 0 Å². The van der Waals surface area contributed by atoms with Crippen LogP contribution in [0.2, 0.25) is 0 Å². The highest BCUT2D eigenvalue weighted by Gasteiger charge is 2.39. The van der Waals surface area contributed by atoms with Crippen molar-refractivity contribution in [3.05, 3.63) is 30.0 Å². The van der Waals surface area contributed by atoms with Gasteiger partial charge in [0.15, 0.2) is 5.96 Å². The van der Waals surface area contributed by atoms with Gasteiger partial charge in [-0.2, -0.15) is 0 Å². The second-order valence-corrected chi connectivity index (χ2v) is 18.1. The lowest BCUT2D eigenvalue weighted by Gasteiger charge is -2.28. The number of carbonyl (C=O) groups is 9. The molecule has 2 rings (SSSR count). The van der Waals surface area contributed by atoms with Crippen molar-refractivity contribution in [1.82, 2.24) is 52.1 Å². The number of nitrogens with zero attached hydrogens (tertiary/aromatic N) is 4. The third-order valence-corrected chi connectivity index (χ3v) is 11.5. The molecule has 0 bridgehead atoms. The summed E-state index contributed by atoms with van der Waals surface area (Å²) in [6.07, 6.45) is 5.93. The average molecular weight is 1060 g/mol. The summed E-state index contributed by atoms with van der Waals surface area (Å²) in [5.74, 6) is -7.22. The number of H-pyrrole nitrogens is 1. The number of nitrogens with two attached hydrogens (primary N) is 7. The van der Waals surface area contributed by atoms with Crippen molar-refractivity contribution >= 4 is 64.8 Å². The van der Waals surface area contributed by atoms with Crippen molar-refractivity contribution < 1.29 is 48.3 Å². The molecule has 1 aliphatic heterocycles. The van der Waals surface area contributed by atoms with Crippen LogP contribution < -0.4 is 77.4 Å². The third kappa shape index (κ3) is 23.4. The van der Waals surface area contributed by atoms with E-state index in [4.69, 9.17) is 40.1 Å². The highest BCUT2D eigenvalue weighted by Crippen LogP contribution is 2.20. The Labute approximate surface area is 436 Å². The van der Waals surface area contributed by atoms with Crippen LogP contribution in [0.4, 0.5) is 0 Å². The second-order valence-electron chi connectivity index (χ2n) is 18.1. The number of amides is 9. The van der Waals surface area contributed by atoms with E-state index >= 15 is 0 Å². The molecule has 1 aliphatic rings. The highest BCUT2D eigenvalue weighted by atomic mass is 16.3. The number of rotatable bonds is 34. The topological polar surface area (TPSA) is 497 Å². The molecule has 0 radical (unpaired) electrons. The molecule has 29 nitrogen and oxygen atoms in total. The van der Waals surface area contributed by atoms with E-state index < -0.39 is 109 Å². The van der Waals surface area contributed by atoms with Gasteiger partial charge < -0.3 is 92.3 Å². The minimum atomic E-state index is -1.57. The molecule has 420 valence electrons. The fraction of sp³-hybridized carbons (Fsp3) is 0.652. The Bertz CT molecular complexity index is 2130. The van der Waals surface area contributed by atoms with Gasteiger partial charge in [-0.05, 0) is 105 Å². The summed E-state index contributed by atoms with van der Waals surface area (Å²) in [5.41, 5.74) is 39.4. The van der Waals surface area contributed by atoms with Crippen LogP contribution in [-0.2, 0) is 49.6 Å². The van der Waals surface area contributed by atoms with Gasteiger partial charge in [0.25, 0.3) is 17.7 Å². The molecular formula is C46H81N19O10. The third-order valence-electron chi connectivity index (χ3n) is 11.5. The molecule has 9 amide bonds. The van der Waals surface area contributed by atoms with E-state index in [1.54, 1.807) is 13.8 Å². The lowest BCUT2D eigenvalue weighted by atomic mass is 10.1. The number of aromatic nitrogens is 2. The van der Waals surface area contributed by atoms with Crippen molar-refractivity contribution in [3.8, 4) is 0 Å². The number of unbranched alkanes of at least 4 members (excludes halogenated alkanes) is 2. The van der Waals surface area contributed by atoms with Crippen LogP contribution in [-0.4, -0.2) is 179 Å². The van der Waals surface area contributed by atoms with Gasteiger partial charge in [0.2, 0.25) is 35.4 Å². The molecule has 23 N–H and O–H groups in total. The Balaban J connectivity index is 2.28. The van der Waals surface area contributed by atoms with Crippen molar-refractivity contribution in [2.24, 2.45) is 50.1 Å². The first-order chi connectivity index (χ1) is 35.7. The molecular weight excluding hydrogens is 979 g/mol. The molecule has 0 aliphatic carbocycles. The van der Waals surface area contributed by atoms with E-state index in [-0.39, 0.29) is 88.0 Å². The number of imidazole rings is 1. The summed E-state index contributed by atoms with van der Waals surface area (Å²) < 4.78 is 0. The first-order valence-corrected chi connectivity index (χ1v) is 25.2. The predicted molar refractivity (Wildman–Crippen MR) is 278 cm³/mol. The van der Waals surface area contributed by atoms with Gasteiger partial charge in [0, 0.05) is 44.0 Å². The van der Waals surface area contributed by atoms with Crippen LogP contribution >= 0.6 is 0 Å². The maximum atomic E-state index is 14.2. The number of aliphatic hydroxyl groups is 1.